The molecule has 14 heteroatoms. The van der Waals surface area contributed by atoms with Gasteiger partial charge in [-0.25, -0.2) is 4.79 Å². The Morgan fingerprint density at radius 3 is 2.33 bits per heavy atom. The summed E-state index contributed by atoms with van der Waals surface area (Å²) in [6.45, 7) is 14.7. The zero-order valence-electron chi connectivity index (χ0n) is 25.8. The van der Waals surface area contributed by atoms with E-state index in [4.69, 9.17) is 31.6 Å². The molecule has 1 saturated heterocycles. The molecule has 4 atom stereocenters. The second kappa shape index (κ2) is 15.2. The summed E-state index contributed by atoms with van der Waals surface area (Å²) in [6, 6.07) is 5.77. The first-order valence-corrected chi connectivity index (χ1v) is 15.7. The highest BCUT2D eigenvalue weighted by molar-refractivity contribution is 7.39. The lowest BCUT2D eigenvalue weighted by molar-refractivity contribution is -0.548. The molecule has 42 heavy (non-hydrogen) atoms. The number of amides is 3. The summed E-state index contributed by atoms with van der Waals surface area (Å²) in [5.41, 5.74) is 3.68. The first-order chi connectivity index (χ1) is 19.4. The van der Waals surface area contributed by atoms with Gasteiger partial charge >= 0.3 is 14.1 Å². The highest BCUT2D eigenvalue weighted by atomic mass is 35.5. The smallest absolute Gasteiger partial charge is 0.384 e. The summed E-state index contributed by atoms with van der Waals surface area (Å²) in [6.07, 6.45) is 0.337. The molecule has 0 aliphatic carbocycles. The molecule has 1 aliphatic heterocycles. The lowest BCUT2D eigenvalue weighted by Crippen LogP contribution is -2.61. The van der Waals surface area contributed by atoms with Crippen LogP contribution in [0.1, 0.15) is 67.4 Å². The number of likely N-dealkylation sites (tertiary alicyclic amines) is 1. The number of rotatable bonds is 14. The first-order valence-electron chi connectivity index (χ1n) is 14.0. The van der Waals surface area contributed by atoms with E-state index in [1.807, 2.05) is 53.7 Å². The Morgan fingerprint density at radius 1 is 1.17 bits per heavy atom. The van der Waals surface area contributed by atoms with Crippen molar-refractivity contribution in [3.05, 3.63) is 34.9 Å². The first kappa shape index (κ1) is 36.3. The van der Waals surface area contributed by atoms with Crippen LogP contribution in [0.25, 0.3) is 0 Å². The molecule has 1 aromatic carbocycles. The van der Waals surface area contributed by atoms with Crippen LogP contribution in [0.2, 0.25) is 5.02 Å². The van der Waals surface area contributed by atoms with Crippen molar-refractivity contribution in [1.82, 2.24) is 15.5 Å². The third-order valence-electron chi connectivity index (χ3n) is 7.44. The molecule has 3 amide bonds. The molecule has 0 saturated carbocycles. The van der Waals surface area contributed by atoms with Crippen molar-refractivity contribution in [3.8, 4) is 0 Å². The molecule has 12 nitrogen and oxygen atoms in total. The van der Waals surface area contributed by atoms with Gasteiger partial charge in [-0.15, -0.1) is 4.52 Å². The second-order valence-electron chi connectivity index (χ2n) is 12.6. The highest BCUT2D eigenvalue weighted by Crippen LogP contribution is 2.46. The van der Waals surface area contributed by atoms with Gasteiger partial charge in [-0.1, -0.05) is 70.3 Å². The molecule has 1 unspecified atom stereocenters. The van der Waals surface area contributed by atoms with Crippen LogP contribution in [0, 0.1) is 17.3 Å². The number of carbonyl (C=O) groups is 2. The number of nitrogens with one attached hydrogen (secondary N) is 2. The number of benzene rings is 1. The van der Waals surface area contributed by atoms with Gasteiger partial charge in [0.1, 0.15) is 11.6 Å². The van der Waals surface area contributed by atoms with Crippen molar-refractivity contribution < 1.29 is 38.6 Å². The third-order valence-corrected chi connectivity index (χ3v) is 9.13. The number of piperidine rings is 1. The fourth-order valence-corrected chi connectivity index (χ4v) is 5.47. The lowest BCUT2D eigenvalue weighted by atomic mass is 9.66. The minimum absolute atomic E-state index is 0.0133. The fraction of sp³-hybridized carbons (Fsp3) is 0.714. The topological polar surface area (TPSA) is 162 Å². The molecule has 0 bridgehead atoms. The van der Waals surface area contributed by atoms with Crippen LogP contribution >= 0.6 is 19.6 Å². The zero-order valence-corrected chi connectivity index (χ0v) is 27.5. The Bertz CT molecular complexity index is 1070. The Balaban J connectivity index is 1.88. The number of halogens is 1. The van der Waals surface area contributed by atoms with Crippen LogP contribution in [0.4, 0.5) is 4.79 Å². The van der Waals surface area contributed by atoms with Crippen molar-refractivity contribution in [2.24, 2.45) is 23.0 Å². The Hall–Kier alpha value is -1.89. The molecule has 0 radical (unpaired) electrons. The molecule has 1 heterocycles. The van der Waals surface area contributed by atoms with E-state index in [0.717, 1.165) is 5.56 Å². The SMILES string of the molecule is CC(C)[C@@H](N)[P+](=O)OCOOOC(C)(C)CNC(=O)N[C@@H](C(=O)N1CC[C@](O)(c2ccc(Cl)cc2)C(C)(C)C1)C(C)C. The van der Waals surface area contributed by atoms with Gasteiger partial charge in [-0.2, -0.15) is 9.78 Å². The van der Waals surface area contributed by atoms with Crippen LogP contribution < -0.4 is 16.4 Å². The van der Waals surface area contributed by atoms with Gasteiger partial charge in [0.2, 0.25) is 18.5 Å². The summed E-state index contributed by atoms with van der Waals surface area (Å²) in [5.74, 6) is -1.09. The summed E-state index contributed by atoms with van der Waals surface area (Å²) in [4.78, 5) is 38.0. The Labute approximate surface area is 254 Å². The van der Waals surface area contributed by atoms with Gasteiger partial charge in [-0.3, -0.25) is 10.5 Å². The summed E-state index contributed by atoms with van der Waals surface area (Å²) in [5, 5.41) is 22.4. The third kappa shape index (κ3) is 9.82. The van der Waals surface area contributed by atoms with Gasteiger partial charge in [0, 0.05) is 29.4 Å². The molecule has 1 aliphatic rings. The Kier molecular flexibility index (Phi) is 13.1. The van der Waals surface area contributed by atoms with Crippen LogP contribution in [-0.4, -0.2) is 65.8 Å². The maximum Gasteiger partial charge on any atom is 0.529 e. The minimum Gasteiger partial charge on any atom is -0.384 e. The molecule has 0 aromatic heterocycles. The maximum absolute atomic E-state index is 13.6. The van der Waals surface area contributed by atoms with Crippen molar-refractivity contribution in [3.63, 3.8) is 0 Å². The molecule has 1 aromatic rings. The molecule has 1 fully saturated rings. The maximum atomic E-state index is 13.6. The minimum atomic E-state index is -2.13. The van der Waals surface area contributed by atoms with E-state index >= 15 is 0 Å². The van der Waals surface area contributed by atoms with Crippen molar-refractivity contribution in [2.75, 3.05) is 26.4 Å². The average molecular weight is 634 g/mol. The van der Waals surface area contributed by atoms with Crippen LogP contribution in [0.3, 0.4) is 0 Å². The molecule has 5 N–H and O–H groups in total. The number of hydrogen-bond donors (Lipinski definition) is 4. The summed E-state index contributed by atoms with van der Waals surface area (Å²) in [7, 11) is -2.13. The van der Waals surface area contributed by atoms with Crippen molar-refractivity contribution in [2.45, 2.75) is 84.8 Å². The molecule has 2 rings (SSSR count). The van der Waals surface area contributed by atoms with Gasteiger partial charge < -0.3 is 20.6 Å². The fourth-order valence-electron chi connectivity index (χ4n) is 4.53. The largest absolute Gasteiger partial charge is 0.529 e. The predicted molar refractivity (Wildman–Crippen MR) is 159 cm³/mol. The van der Waals surface area contributed by atoms with Crippen molar-refractivity contribution >= 4 is 31.6 Å². The van der Waals surface area contributed by atoms with E-state index < -0.39 is 49.3 Å². The van der Waals surface area contributed by atoms with E-state index in [9.17, 15) is 19.3 Å². The van der Waals surface area contributed by atoms with Gasteiger partial charge in [0.25, 0.3) is 0 Å². The van der Waals surface area contributed by atoms with E-state index in [-0.39, 0.29) is 24.3 Å². The molecular weight excluding hydrogens is 587 g/mol. The molecular formula is C28H47ClN4O8P+. The summed E-state index contributed by atoms with van der Waals surface area (Å²) < 4.78 is 16.9. The number of urea groups is 1. The highest BCUT2D eigenvalue weighted by Gasteiger charge is 2.50. The predicted octanol–water partition coefficient (Wildman–Crippen LogP) is 4.43. The number of carbonyl (C=O) groups excluding carboxylic acids is 2. The number of nitrogens with two attached hydrogens (primary N) is 1. The number of nitrogens with zero attached hydrogens (tertiary/aromatic N) is 1. The zero-order chi connectivity index (χ0) is 31.9. The van der Waals surface area contributed by atoms with E-state index in [2.05, 4.69) is 15.7 Å². The monoisotopic (exact) mass is 633 g/mol. The normalized spacial score (nSPS) is 20.8. The van der Waals surface area contributed by atoms with E-state index in [0.29, 0.717) is 24.5 Å². The molecule has 238 valence electrons. The van der Waals surface area contributed by atoms with Crippen molar-refractivity contribution in [1.29, 1.82) is 0 Å². The standard InChI is InChI=1S/C28H46ClN4O8P/c1-18(2)22(24(34)33-14-13-28(36,26(5,6)16-33)20-9-11-21(29)12-10-20)32-25(35)31-15-27(7,8)40-41-38-17-39-42(37)23(30)19(3)4/h9-12,18-19,22-23,36H,13-17,30H2,1-8H3,(H-,31,32,35)/p+1/t22-,23+,28+/m1/s1. The number of hydrogen-bond acceptors (Lipinski definition) is 9. The molecule has 0 spiro atoms. The van der Waals surface area contributed by atoms with Gasteiger partial charge in [0.15, 0.2) is 0 Å². The lowest BCUT2D eigenvalue weighted by Gasteiger charge is -2.51. The average Bonchev–Trinajstić information content (AvgIpc) is 2.91. The second-order valence-corrected chi connectivity index (χ2v) is 14.5. The number of aliphatic hydroxyl groups is 1. The summed E-state index contributed by atoms with van der Waals surface area (Å²) >= 11 is 6.04. The van der Waals surface area contributed by atoms with E-state index in [1.54, 1.807) is 30.9 Å². The van der Waals surface area contributed by atoms with Gasteiger partial charge in [-0.05, 0) is 48.4 Å². The van der Waals surface area contributed by atoms with Gasteiger partial charge in [0.05, 0.1) is 12.1 Å². The van der Waals surface area contributed by atoms with E-state index in [1.165, 1.54) is 0 Å². The van der Waals surface area contributed by atoms with Crippen LogP contribution in [0.15, 0.2) is 24.3 Å². The Morgan fingerprint density at radius 2 is 1.79 bits per heavy atom. The van der Waals surface area contributed by atoms with Crippen LogP contribution in [0.5, 0.6) is 0 Å². The van der Waals surface area contributed by atoms with Crippen LogP contribution in [-0.2, 0) is 34.3 Å². The quantitative estimate of drug-likeness (QED) is 0.0764.